The minimum Gasteiger partial charge on any atom is -0.326 e. The van der Waals surface area contributed by atoms with E-state index in [1.807, 2.05) is 11.9 Å². The zero-order valence-corrected chi connectivity index (χ0v) is 13.1. The Morgan fingerprint density at radius 1 is 1.11 bits per heavy atom. The van der Waals surface area contributed by atoms with Crippen molar-refractivity contribution in [3.63, 3.8) is 0 Å². The second kappa shape index (κ2) is 6.15. The van der Waals surface area contributed by atoms with E-state index < -0.39 is 0 Å². The Morgan fingerprint density at radius 2 is 1.74 bits per heavy atom. The van der Waals surface area contributed by atoms with Gasteiger partial charge in [-0.2, -0.15) is 0 Å². The summed E-state index contributed by atoms with van der Waals surface area (Å²) in [6.07, 6.45) is 6.44. The predicted octanol–water partition coefficient (Wildman–Crippen LogP) is 3.59. The molecule has 1 heterocycles. The first-order valence-electron chi connectivity index (χ1n) is 8.00. The SMILES string of the molecule is CC(C)C(C)CC1CCC(N2CCN(C)C2=O)CC1. The van der Waals surface area contributed by atoms with Crippen LogP contribution in [0.1, 0.15) is 52.9 Å². The zero-order chi connectivity index (χ0) is 14.0. The molecule has 1 unspecified atom stereocenters. The number of rotatable bonds is 4. The topological polar surface area (TPSA) is 23.6 Å². The van der Waals surface area contributed by atoms with Gasteiger partial charge in [0.15, 0.2) is 0 Å². The third kappa shape index (κ3) is 3.43. The van der Waals surface area contributed by atoms with Gasteiger partial charge in [-0.15, -0.1) is 0 Å². The van der Waals surface area contributed by atoms with Crippen LogP contribution in [0.2, 0.25) is 0 Å². The van der Waals surface area contributed by atoms with E-state index in [-0.39, 0.29) is 6.03 Å². The molecule has 2 fully saturated rings. The second-order valence-corrected chi connectivity index (χ2v) is 7.03. The van der Waals surface area contributed by atoms with Crippen LogP contribution in [0.3, 0.4) is 0 Å². The van der Waals surface area contributed by atoms with E-state index in [1.165, 1.54) is 32.1 Å². The van der Waals surface area contributed by atoms with E-state index in [9.17, 15) is 4.79 Å². The Kier molecular flexibility index (Phi) is 4.75. The van der Waals surface area contributed by atoms with Crippen LogP contribution in [0.5, 0.6) is 0 Å². The Hall–Kier alpha value is -0.730. The number of urea groups is 1. The lowest BCUT2D eigenvalue weighted by atomic mass is 9.78. The minimum atomic E-state index is 0.249. The Balaban J connectivity index is 1.78. The van der Waals surface area contributed by atoms with Gasteiger partial charge in [0.2, 0.25) is 0 Å². The number of nitrogens with zero attached hydrogens (tertiary/aromatic N) is 2. The van der Waals surface area contributed by atoms with Crippen LogP contribution in [0.4, 0.5) is 4.79 Å². The molecule has 19 heavy (non-hydrogen) atoms. The standard InChI is InChI=1S/C16H30N2O/c1-12(2)13(3)11-14-5-7-15(8-6-14)18-10-9-17(4)16(18)19/h12-15H,5-11H2,1-4H3. The van der Waals surface area contributed by atoms with Crippen molar-refractivity contribution in [1.82, 2.24) is 9.80 Å². The molecule has 3 heteroatoms. The molecular formula is C16H30N2O. The van der Waals surface area contributed by atoms with Crippen molar-refractivity contribution >= 4 is 6.03 Å². The lowest BCUT2D eigenvalue weighted by molar-refractivity contribution is 0.147. The van der Waals surface area contributed by atoms with Gasteiger partial charge in [0, 0.05) is 26.2 Å². The molecule has 1 atom stereocenters. The van der Waals surface area contributed by atoms with Gasteiger partial charge in [0.1, 0.15) is 0 Å². The summed E-state index contributed by atoms with van der Waals surface area (Å²) in [6.45, 7) is 8.88. The van der Waals surface area contributed by atoms with E-state index in [0.29, 0.717) is 6.04 Å². The molecule has 110 valence electrons. The Bertz CT molecular complexity index is 308. The van der Waals surface area contributed by atoms with Crippen molar-refractivity contribution < 1.29 is 4.79 Å². The summed E-state index contributed by atoms with van der Waals surface area (Å²) >= 11 is 0. The molecule has 2 rings (SSSR count). The highest BCUT2D eigenvalue weighted by atomic mass is 16.2. The first-order valence-corrected chi connectivity index (χ1v) is 8.00. The zero-order valence-electron chi connectivity index (χ0n) is 13.1. The van der Waals surface area contributed by atoms with Gasteiger partial charge in [-0.3, -0.25) is 0 Å². The third-order valence-corrected chi connectivity index (χ3v) is 5.35. The third-order valence-electron chi connectivity index (χ3n) is 5.35. The fourth-order valence-electron chi connectivity index (χ4n) is 3.50. The first kappa shape index (κ1) is 14.7. The number of likely N-dealkylation sites (N-methyl/N-ethyl adjacent to an activating group) is 1. The molecular weight excluding hydrogens is 236 g/mol. The molecule has 1 aliphatic carbocycles. The summed E-state index contributed by atoms with van der Waals surface area (Å²) in [5, 5.41) is 0. The van der Waals surface area contributed by atoms with Crippen LogP contribution in [0.25, 0.3) is 0 Å². The van der Waals surface area contributed by atoms with Crippen LogP contribution < -0.4 is 0 Å². The van der Waals surface area contributed by atoms with Gasteiger partial charge in [-0.05, 0) is 49.9 Å². The van der Waals surface area contributed by atoms with Crippen LogP contribution >= 0.6 is 0 Å². The molecule has 0 N–H and O–H groups in total. The van der Waals surface area contributed by atoms with Gasteiger partial charge >= 0.3 is 6.03 Å². The molecule has 3 nitrogen and oxygen atoms in total. The van der Waals surface area contributed by atoms with Crippen molar-refractivity contribution in [3.8, 4) is 0 Å². The number of hydrogen-bond donors (Lipinski definition) is 0. The number of carbonyl (C=O) groups is 1. The summed E-state index contributed by atoms with van der Waals surface area (Å²) in [5.41, 5.74) is 0. The lowest BCUT2D eigenvalue weighted by Crippen LogP contribution is -2.40. The molecule has 0 bridgehead atoms. The molecule has 0 aromatic rings. The van der Waals surface area contributed by atoms with Crippen molar-refractivity contribution in [2.24, 2.45) is 17.8 Å². The van der Waals surface area contributed by atoms with Gasteiger partial charge in [0.05, 0.1) is 0 Å². The maximum Gasteiger partial charge on any atom is 0.320 e. The van der Waals surface area contributed by atoms with Gasteiger partial charge < -0.3 is 9.80 Å². The summed E-state index contributed by atoms with van der Waals surface area (Å²) in [5.74, 6) is 2.52. The molecule has 0 radical (unpaired) electrons. The van der Waals surface area contributed by atoms with Crippen molar-refractivity contribution in [2.75, 3.05) is 20.1 Å². The molecule has 0 aromatic heterocycles. The first-order chi connectivity index (χ1) is 8.99. The van der Waals surface area contributed by atoms with Gasteiger partial charge in [0.25, 0.3) is 0 Å². The van der Waals surface area contributed by atoms with Crippen LogP contribution in [-0.4, -0.2) is 42.0 Å². The minimum absolute atomic E-state index is 0.249. The summed E-state index contributed by atoms with van der Waals surface area (Å²) < 4.78 is 0. The highest BCUT2D eigenvalue weighted by Crippen LogP contribution is 2.34. The fourth-order valence-corrected chi connectivity index (χ4v) is 3.50. The van der Waals surface area contributed by atoms with E-state index in [1.54, 1.807) is 0 Å². The van der Waals surface area contributed by atoms with Crippen molar-refractivity contribution in [3.05, 3.63) is 0 Å². The molecule has 2 amide bonds. The second-order valence-electron chi connectivity index (χ2n) is 7.03. The number of carbonyl (C=O) groups excluding carboxylic acids is 1. The van der Waals surface area contributed by atoms with Crippen molar-refractivity contribution in [1.29, 1.82) is 0 Å². The fraction of sp³-hybridized carbons (Fsp3) is 0.938. The maximum atomic E-state index is 12.0. The summed E-state index contributed by atoms with van der Waals surface area (Å²) in [4.78, 5) is 16.0. The summed E-state index contributed by atoms with van der Waals surface area (Å²) in [6, 6.07) is 0.766. The quantitative estimate of drug-likeness (QED) is 0.762. The van der Waals surface area contributed by atoms with E-state index >= 15 is 0 Å². The highest BCUT2D eigenvalue weighted by Gasteiger charge is 2.34. The highest BCUT2D eigenvalue weighted by molar-refractivity contribution is 5.76. The number of amides is 2. The normalized spacial score (nSPS) is 30.3. The Morgan fingerprint density at radius 3 is 2.21 bits per heavy atom. The maximum absolute atomic E-state index is 12.0. The van der Waals surface area contributed by atoms with E-state index in [0.717, 1.165) is 30.8 Å². The van der Waals surface area contributed by atoms with Crippen LogP contribution in [0, 0.1) is 17.8 Å². The van der Waals surface area contributed by atoms with E-state index in [4.69, 9.17) is 0 Å². The predicted molar refractivity (Wildman–Crippen MR) is 79.1 cm³/mol. The molecule has 0 spiro atoms. The van der Waals surface area contributed by atoms with Crippen molar-refractivity contribution in [2.45, 2.75) is 58.9 Å². The van der Waals surface area contributed by atoms with E-state index in [2.05, 4.69) is 25.7 Å². The lowest BCUT2D eigenvalue weighted by Gasteiger charge is -2.35. The van der Waals surface area contributed by atoms with Crippen LogP contribution in [0.15, 0.2) is 0 Å². The van der Waals surface area contributed by atoms with Gasteiger partial charge in [-0.1, -0.05) is 20.8 Å². The summed E-state index contributed by atoms with van der Waals surface area (Å²) in [7, 11) is 1.91. The Labute approximate surface area is 118 Å². The largest absolute Gasteiger partial charge is 0.326 e. The average Bonchev–Trinajstić information content (AvgIpc) is 2.71. The molecule has 2 aliphatic rings. The van der Waals surface area contributed by atoms with Gasteiger partial charge in [-0.25, -0.2) is 4.79 Å². The number of hydrogen-bond acceptors (Lipinski definition) is 1. The molecule has 1 aliphatic heterocycles. The molecule has 1 saturated carbocycles. The monoisotopic (exact) mass is 266 g/mol. The van der Waals surface area contributed by atoms with Crippen LogP contribution in [-0.2, 0) is 0 Å². The molecule has 0 aromatic carbocycles. The smallest absolute Gasteiger partial charge is 0.320 e. The average molecular weight is 266 g/mol. The molecule has 1 saturated heterocycles.